The lowest BCUT2D eigenvalue weighted by atomic mass is 10.1. The van der Waals surface area contributed by atoms with Crippen molar-refractivity contribution in [1.29, 1.82) is 0 Å². The van der Waals surface area contributed by atoms with Crippen molar-refractivity contribution >= 4 is 17.7 Å². The summed E-state index contributed by atoms with van der Waals surface area (Å²) >= 11 is 0. The Hall–Kier alpha value is -2.89. The van der Waals surface area contributed by atoms with Gasteiger partial charge in [0.15, 0.2) is 5.78 Å². The number of methoxy groups -OCH3 is 1. The highest BCUT2D eigenvalue weighted by molar-refractivity contribution is 6.01. The minimum absolute atomic E-state index is 0.0627. The number of hydrogen-bond donors (Lipinski definition) is 1. The van der Waals surface area contributed by atoms with Crippen molar-refractivity contribution in [3.8, 4) is 0 Å². The molecule has 0 aliphatic carbocycles. The third-order valence-corrected chi connectivity index (χ3v) is 3.74. The summed E-state index contributed by atoms with van der Waals surface area (Å²) in [6.45, 7) is 4.97. The lowest BCUT2D eigenvalue weighted by Gasteiger charge is -2.06. The van der Waals surface area contributed by atoms with Gasteiger partial charge in [0.25, 0.3) is 0 Å². The maximum Gasteiger partial charge on any atom is 0.355 e. The zero-order valence-corrected chi connectivity index (χ0v) is 14.1. The normalized spacial score (nSPS) is 10.3. The van der Waals surface area contributed by atoms with Gasteiger partial charge in [-0.3, -0.25) is 4.79 Å². The highest BCUT2D eigenvalue weighted by Gasteiger charge is 2.20. The number of nitrogens with one attached hydrogen (secondary N) is 1. The smallest absolute Gasteiger partial charge is 0.355 e. The second kappa shape index (κ2) is 7.12. The lowest BCUT2D eigenvalue weighted by molar-refractivity contribution is 0.0464. The van der Waals surface area contributed by atoms with Crippen LogP contribution in [0.2, 0.25) is 0 Å². The maximum absolute atomic E-state index is 12.2. The van der Waals surface area contributed by atoms with Crippen molar-refractivity contribution < 1.29 is 23.9 Å². The Morgan fingerprint density at radius 1 is 1.04 bits per heavy atom. The molecule has 0 saturated heterocycles. The van der Waals surface area contributed by atoms with Gasteiger partial charge >= 0.3 is 11.9 Å². The Morgan fingerprint density at radius 2 is 1.67 bits per heavy atom. The van der Waals surface area contributed by atoms with Crippen LogP contribution in [-0.4, -0.2) is 29.8 Å². The van der Waals surface area contributed by atoms with Crippen molar-refractivity contribution in [2.75, 3.05) is 7.11 Å². The standard InChI is InChI=1S/C18H19NO5/c1-10-15(12(3)20)11(2)19-16(10)18(22)24-9-13-5-7-14(8-6-13)17(21)23-4/h5-8,19H,9H2,1-4H3. The van der Waals surface area contributed by atoms with E-state index in [2.05, 4.69) is 9.72 Å². The van der Waals surface area contributed by atoms with Crippen LogP contribution in [-0.2, 0) is 16.1 Å². The van der Waals surface area contributed by atoms with Crippen LogP contribution in [0.25, 0.3) is 0 Å². The van der Waals surface area contributed by atoms with E-state index < -0.39 is 11.9 Å². The number of ether oxygens (including phenoxy) is 2. The Labute approximate surface area is 139 Å². The van der Waals surface area contributed by atoms with Gasteiger partial charge < -0.3 is 14.5 Å². The summed E-state index contributed by atoms with van der Waals surface area (Å²) in [5, 5.41) is 0. The molecule has 0 radical (unpaired) electrons. The third kappa shape index (κ3) is 3.53. The maximum atomic E-state index is 12.2. The van der Waals surface area contributed by atoms with Gasteiger partial charge in [-0.1, -0.05) is 12.1 Å². The van der Waals surface area contributed by atoms with Gasteiger partial charge in [0, 0.05) is 11.3 Å². The van der Waals surface area contributed by atoms with Crippen molar-refractivity contribution in [2.24, 2.45) is 0 Å². The molecule has 126 valence electrons. The number of Topliss-reactive ketones (excluding diaryl/α,β-unsaturated/α-hetero) is 1. The van der Waals surface area contributed by atoms with Crippen LogP contribution in [0.4, 0.5) is 0 Å². The topological polar surface area (TPSA) is 85.5 Å². The van der Waals surface area contributed by atoms with Crippen molar-refractivity contribution in [2.45, 2.75) is 27.4 Å². The lowest BCUT2D eigenvalue weighted by Crippen LogP contribution is -2.08. The summed E-state index contributed by atoms with van der Waals surface area (Å²) in [6.07, 6.45) is 0. The molecule has 0 spiro atoms. The number of hydrogen-bond acceptors (Lipinski definition) is 5. The van der Waals surface area contributed by atoms with Crippen molar-refractivity contribution in [1.82, 2.24) is 4.98 Å². The largest absolute Gasteiger partial charge is 0.465 e. The van der Waals surface area contributed by atoms with Crippen LogP contribution in [0, 0.1) is 13.8 Å². The van der Waals surface area contributed by atoms with Gasteiger partial charge in [0.1, 0.15) is 12.3 Å². The summed E-state index contributed by atoms with van der Waals surface area (Å²) in [5.74, 6) is -1.05. The summed E-state index contributed by atoms with van der Waals surface area (Å²) in [4.78, 5) is 38.1. The molecule has 0 unspecified atom stereocenters. The zero-order valence-electron chi connectivity index (χ0n) is 14.1. The number of aromatic nitrogens is 1. The number of aryl methyl sites for hydroxylation is 1. The molecule has 0 aliphatic rings. The predicted octanol–water partition coefficient (Wildman–Crippen LogP) is 2.98. The molecule has 6 nitrogen and oxygen atoms in total. The molecule has 2 aromatic rings. The molecule has 0 aliphatic heterocycles. The van der Waals surface area contributed by atoms with Gasteiger partial charge in [-0.2, -0.15) is 0 Å². The quantitative estimate of drug-likeness (QED) is 0.673. The number of H-pyrrole nitrogens is 1. The molecule has 0 amide bonds. The van der Waals surface area contributed by atoms with Crippen LogP contribution in [0.15, 0.2) is 24.3 Å². The van der Waals surface area contributed by atoms with E-state index in [0.717, 1.165) is 5.56 Å². The number of aromatic amines is 1. The fourth-order valence-electron chi connectivity index (χ4n) is 2.56. The minimum atomic E-state index is -0.528. The van der Waals surface area contributed by atoms with Gasteiger partial charge in [-0.15, -0.1) is 0 Å². The molecule has 6 heteroatoms. The molecular weight excluding hydrogens is 310 g/mol. The van der Waals surface area contributed by atoms with Gasteiger partial charge in [-0.25, -0.2) is 9.59 Å². The Bertz CT molecular complexity index is 786. The molecule has 0 saturated carbocycles. The highest BCUT2D eigenvalue weighted by atomic mass is 16.5. The van der Waals surface area contributed by atoms with Crippen LogP contribution >= 0.6 is 0 Å². The van der Waals surface area contributed by atoms with Crippen LogP contribution in [0.1, 0.15) is 54.9 Å². The average molecular weight is 329 g/mol. The fourth-order valence-corrected chi connectivity index (χ4v) is 2.56. The number of carbonyl (C=O) groups is 3. The first-order valence-corrected chi connectivity index (χ1v) is 7.39. The van der Waals surface area contributed by atoms with Gasteiger partial charge in [0.05, 0.1) is 12.7 Å². The number of carbonyl (C=O) groups excluding carboxylic acids is 3. The molecule has 1 heterocycles. The van der Waals surface area contributed by atoms with Crippen LogP contribution in [0.5, 0.6) is 0 Å². The van der Waals surface area contributed by atoms with E-state index in [1.165, 1.54) is 14.0 Å². The van der Waals surface area contributed by atoms with E-state index in [0.29, 0.717) is 22.4 Å². The van der Waals surface area contributed by atoms with E-state index in [4.69, 9.17) is 4.74 Å². The molecule has 0 bridgehead atoms. The van der Waals surface area contributed by atoms with E-state index in [-0.39, 0.29) is 18.1 Å². The number of benzene rings is 1. The molecule has 24 heavy (non-hydrogen) atoms. The van der Waals surface area contributed by atoms with E-state index >= 15 is 0 Å². The van der Waals surface area contributed by atoms with Gasteiger partial charge in [0.2, 0.25) is 0 Å². The predicted molar refractivity (Wildman–Crippen MR) is 87.2 cm³/mol. The minimum Gasteiger partial charge on any atom is -0.465 e. The molecular formula is C18H19NO5. The first kappa shape index (κ1) is 17.5. The zero-order chi connectivity index (χ0) is 17.9. The molecule has 1 aromatic carbocycles. The summed E-state index contributed by atoms with van der Waals surface area (Å²) in [7, 11) is 1.31. The molecule has 0 atom stereocenters. The summed E-state index contributed by atoms with van der Waals surface area (Å²) in [5.41, 5.74) is 3.20. The second-order valence-electron chi connectivity index (χ2n) is 5.45. The molecule has 1 aromatic heterocycles. The first-order chi connectivity index (χ1) is 11.3. The van der Waals surface area contributed by atoms with Gasteiger partial charge in [-0.05, 0) is 44.0 Å². The van der Waals surface area contributed by atoms with E-state index in [9.17, 15) is 14.4 Å². The van der Waals surface area contributed by atoms with E-state index in [1.54, 1.807) is 38.1 Å². The number of rotatable bonds is 5. The molecule has 1 N–H and O–H groups in total. The van der Waals surface area contributed by atoms with Crippen molar-refractivity contribution in [3.05, 3.63) is 57.9 Å². The van der Waals surface area contributed by atoms with Crippen molar-refractivity contribution in [3.63, 3.8) is 0 Å². The third-order valence-electron chi connectivity index (χ3n) is 3.74. The second-order valence-corrected chi connectivity index (χ2v) is 5.45. The van der Waals surface area contributed by atoms with E-state index in [1.807, 2.05) is 0 Å². The summed E-state index contributed by atoms with van der Waals surface area (Å²) in [6, 6.07) is 6.58. The fraction of sp³-hybridized carbons (Fsp3) is 0.278. The highest BCUT2D eigenvalue weighted by Crippen LogP contribution is 2.19. The number of esters is 2. The SMILES string of the molecule is COC(=O)c1ccc(COC(=O)c2[nH]c(C)c(C(C)=O)c2C)cc1. The number of ketones is 1. The summed E-state index contributed by atoms with van der Waals surface area (Å²) < 4.78 is 9.89. The average Bonchev–Trinajstić information content (AvgIpc) is 2.87. The molecule has 2 rings (SSSR count). The first-order valence-electron chi connectivity index (χ1n) is 7.39. The Balaban J connectivity index is 2.07. The Morgan fingerprint density at radius 3 is 2.17 bits per heavy atom. The molecule has 0 fully saturated rings. The van der Waals surface area contributed by atoms with Crippen LogP contribution in [0.3, 0.4) is 0 Å². The Kier molecular flexibility index (Phi) is 5.18. The van der Waals surface area contributed by atoms with Crippen LogP contribution < -0.4 is 0 Å². The monoisotopic (exact) mass is 329 g/mol.